The molecule has 0 N–H and O–H groups in total. The lowest BCUT2D eigenvalue weighted by Crippen LogP contribution is -2.48. The minimum atomic E-state index is -0.436. The van der Waals surface area contributed by atoms with Crippen LogP contribution in [0.15, 0.2) is 24.3 Å². The summed E-state index contributed by atoms with van der Waals surface area (Å²) in [5.41, 5.74) is 2.05. The minimum absolute atomic E-state index is 0.325. The van der Waals surface area contributed by atoms with E-state index in [9.17, 15) is 4.79 Å². The minimum Gasteiger partial charge on any atom is -0.297 e. The fourth-order valence-electron chi connectivity index (χ4n) is 2.35. The lowest BCUT2D eigenvalue weighted by Gasteiger charge is -2.39. The van der Waals surface area contributed by atoms with Crippen molar-refractivity contribution in [3.05, 3.63) is 35.4 Å². The van der Waals surface area contributed by atoms with Crippen molar-refractivity contribution >= 4 is 5.78 Å². The molecule has 0 aromatic heterocycles. The molecule has 1 aromatic rings. The smallest absolute Gasteiger partial charge is 0.157 e. The third-order valence-electron chi connectivity index (χ3n) is 3.60. The highest BCUT2D eigenvalue weighted by Crippen LogP contribution is 2.35. The van der Waals surface area contributed by atoms with Crippen LogP contribution in [0.2, 0.25) is 0 Å². The van der Waals surface area contributed by atoms with E-state index in [1.165, 1.54) is 11.1 Å². The van der Waals surface area contributed by atoms with Crippen LogP contribution < -0.4 is 0 Å². The molecule has 0 aliphatic heterocycles. The van der Waals surface area contributed by atoms with Crippen LogP contribution in [-0.2, 0) is 16.8 Å². The molecule has 2 nitrogen and oxygen atoms in total. The third kappa shape index (κ3) is 1.40. The van der Waals surface area contributed by atoms with Crippen molar-refractivity contribution in [3.8, 4) is 0 Å². The maximum atomic E-state index is 12.1. The second-order valence-corrected chi connectivity index (χ2v) is 4.55. The maximum Gasteiger partial charge on any atom is 0.157 e. The van der Waals surface area contributed by atoms with Crippen LogP contribution in [-0.4, -0.2) is 24.8 Å². The van der Waals surface area contributed by atoms with Gasteiger partial charge in [-0.1, -0.05) is 24.3 Å². The van der Waals surface area contributed by atoms with Crippen LogP contribution in [0, 0.1) is 0 Å². The monoisotopic (exact) mass is 203 g/mol. The first-order chi connectivity index (χ1) is 7.06. The molecule has 15 heavy (non-hydrogen) atoms. The van der Waals surface area contributed by atoms with E-state index in [1.807, 2.05) is 38.1 Å². The number of Topliss-reactive ketones (excluding diaryl/α,β-unsaturated/α-hetero) is 1. The molecule has 0 bridgehead atoms. The van der Waals surface area contributed by atoms with Crippen LogP contribution in [0.3, 0.4) is 0 Å². The highest BCUT2D eigenvalue weighted by atomic mass is 16.1. The molecule has 1 unspecified atom stereocenters. The van der Waals surface area contributed by atoms with Crippen molar-refractivity contribution in [2.24, 2.45) is 0 Å². The lowest BCUT2D eigenvalue weighted by atomic mass is 9.76. The fraction of sp³-hybridized carbons (Fsp3) is 0.462. The zero-order chi connectivity index (χ0) is 11.1. The van der Waals surface area contributed by atoms with Crippen LogP contribution in [0.5, 0.6) is 0 Å². The molecule has 0 saturated carbocycles. The lowest BCUT2D eigenvalue weighted by molar-refractivity contribution is -0.130. The Morgan fingerprint density at radius 2 is 1.87 bits per heavy atom. The summed E-state index contributed by atoms with van der Waals surface area (Å²) in [6, 6.07) is 8.26. The van der Waals surface area contributed by atoms with Gasteiger partial charge in [-0.2, -0.15) is 0 Å². The number of fused-ring (bicyclic) bond motifs is 1. The van der Waals surface area contributed by atoms with Gasteiger partial charge in [0.1, 0.15) is 5.54 Å². The van der Waals surface area contributed by atoms with Gasteiger partial charge in [-0.3, -0.25) is 9.69 Å². The zero-order valence-corrected chi connectivity index (χ0v) is 9.58. The fourth-order valence-corrected chi connectivity index (χ4v) is 2.35. The SMILES string of the molecule is CN(C)C1(C)C(=O)CCc2ccccc21. The van der Waals surface area contributed by atoms with Crippen LogP contribution >= 0.6 is 0 Å². The standard InChI is InChI=1S/C13H17NO/c1-13(14(2)3)11-7-5-4-6-10(11)8-9-12(13)15/h4-7H,8-9H2,1-3H3. The topological polar surface area (TPSA) is 20.3 Å². The van der Waals surface area contributed by atoms with Gasteiger partial charge in [0.15, 0.2) is 5.78 Å². The highest BCUT2D eigenvalue weighted by Gasteiger charge is 2.40. The second-order valence-electron chi connectivity index (χ2n) is 4.55. The predicted octanol–water partition coefficient (Wildman–Crippen LogP) is 1.98. The molecule has 0 radical (unpaired) electrons. The molecule has 0 fully saturated rings. The molecule has 1 aromatic carbocycles. The average Bonchev–Trinajstić information content (AvgIpc) is 2.23. The summed E-state index contributed by atoms with van der Waals surface area (Å²) in [6.07, 6.45) is 1.55. The van der Waals surface area contributed by atoms with Gasteiger partial charge in [0.25, 0.3) is 0 Å². The summed E-state index contributed by atoms with van der Waals surface area (Å²) in [7, 11) is 3.94. The van der Waals surface area contributed by atoms with E-state index in [1.54, 1.807) is 0 Å². The third-order valence-corrected chi connectivity index (χ3v) is 3.60. The molecule has 0 amide bonds. The van der Waals surface area contributed by atoms with E-state index in [-0.39, 0.29) is 0 Å². The number of rotatable bonds is 1. The summed E-state index contributed by atoms with van der Waals surface area (Å²) >= 11 is 0. The van der Waals surface area contributed by atoms with Gasteiger partial charge in [0.2, 0.25) is 0 Å². The van der Waals surface area contributed by atoms with Crippen molar-refractivity contribution in [2.75, 3.05) is 14.1 Å². The summed E-state index contributed by atoms with van der Waals surface area (Å²) in [4.78, 5) is 14.1. The van der Waals surface area contributed by atoms with Gasteiger partial charge in [-0.15, -0.1) is 0 Å². The number of likely N-dealkylation sites (N-methyl/N-ethyl adjacent to an activating group) is 1. The van der Waals surface area contributed by atoms with E-state index in [0.717, 1.165) is 6.42 Å². The summed E-state index contributed by atoms with van der Waals surface area (Å²) in [6.45, 7) is 2.02. The molecule has 0 heterocycles. The number of carbonyl (C=O) groups excluding carboxylic acids is 1. The summed E-state index contributed by atoms with van der Waals surface area (Å²) in [5, 5.41) is 0. The quantitative estimate of drug-likeness (QED) is 0.695. The Bertz CT molecular complexity index is 397. The van der Waals surface area contributed by atoms with Crippen LogP contribution in [0.25, 0.3) is 0 Å². The molecule has 1 atom stereocenters. The second kappa shape index (κ2) is 3.46. The Morgan fingerprint density at radius 3 is 2.53 bits per heavy atom. The van der Waals surface area contributed by atoms with Gasteiger partial charge < -0.3 is 0 Å². The number of nitrogens with zero attached hydrogens (tertiary/aromatic N) is 1. The first kappa shape index (κ1) is 10.4. The Morgan fingerprint density at radius 1 is 1.20 bits per heavy atom. The molecule has 2 rings (SSSR count). The van der Waals surface area contributed by atoms with Crippen LogP contribution in [0.4, 0.5) is 0 Å². The van der Waals surface area contributed by atoms with Crippen molar-refractivity contribution in [3.63, 3.8) is 0 Å². The average molecular weight is 203 g/mol. The normalized spacial score (nSPS) is 25.5. The molecule has 0 saturated heterocycles. The molecule has 1 aliphatic rings. The molecule has 80 valence electrons. The van der Waals surface area contributed by atoms with E-state index >= 15 is 0 Å². The number of carbonyl (C=O) groups is 1. The summed E-state index contributed by atoms with van der Waals surface area (Å²) in [5.74, 6) is 0.325. The molecular weight excluding hydrogens is 186 g/mol. The van der Waals surface area contributed by atoms with E-state index in [4.69, 9.17) is 0 Å². The van der Waals surface area contributed by atoms with Crippen LogP contribution in [0.1, 0.15) is 24.5 Å². The number of benzene rings is 1. The number of hydrogen-bond acceptors (Lipinski definition) is 2. The van der Waals surface area contributed by atoms with E-state index in [2.05, 4.69) is 12.1 Å². The van der Waals surface area contributed by atoms with Crippen molar-refractivity contribution < 1.29 is 4.79 Å². The van der Waals surface area contributed by atoms with Gasteiger partial charge in [0.05, 0.1) is 0 Å². The maximum absolute atomic E-state index is 12.1. The predicted molar refractivity (Wildman–Crippen MR) is 60.8 cm³/mol. The molecule has 1 aliphatic carbocycles. The van der Waals surface area contributed by atoms with E-state index < -0.39 is 5.54 Å². The molecular formula is C13H17NO. The number of hydrogen-bond donors (Lipinski definition) is 0. The Kier molecular flexibility index (Phi) is 2.39. The van der Waals surface area contributed by atoms with Gasteiger partial charge in [-0.05, 0) is 38.6 Å². The van der Waals surface area contributed by atoms with Gasteiger partial charge >= 0.3 is 0 Å². The Hall–Kier alpha value is -1.15. The largest absolute Gasteiger partial charge is 0.297 e. The molecule has 0 spiro atoms. The van der Waals surface area contributed by atoms with Gasteiger partial charge in [0, 0.05) is 6.42 Å². The molecule has 2 heteroatoms. The highest BCUT2D eigenvalue weighted by molar-refractivity contribution is 5.91. The first-order valence-electron chi connectivity index (χ1n) is 5.36. The number of ketones is 1. The van der Waals surface area contributed by atoms with Gasteiger partial charge in [-0.25, -0.2) is 0 Å². The summed E-state index contributed by atoms with van der Waals surface area (Å²) < 4.78 is 0. The van der Waals surface area contributed by atoms with Crippen molar-refractivity contribution in [1.82, 2.24) is 4.90 Å². The first-order valence-corrected chi connectivity index (χ1v) is 5.36. The Labute approximate surface area is 90.9 Å². The number of aryl methyl sites for hydroxylation is 1. The van der Waals surface area contributed by atoms with Crippen molar-refractivity contribution in [1.29, 1.82) is 0 Å². The zero-order valence-electron chi connectivity index (χ0n) is 9.58. The van der Waals surface area contributed by atoms with Crippen molar-refractivity contribution in [2.45, 2.75) is 25.3 Å². The Balaban J connectivity index is 2.60. The van der Waals surface area contributed by atoms with E-state index in [0.29, 0.717) is 12.2 Å².